The molecule has 2 aliphatic heterocycles. The normalized spacial score (nSPS) is 20.5. The number of carbonyl (C=O) groups excluding carboxylic acids is 2. The fraction of sp³-hybridized carbons (Fsp3) is 0.440. The van der Waals surface area contributed by atoms with Crippen molar-refractivity contribution in [3.8, 4) is 11.5 Å². The minimum Gasteiger partial charge on any atom is -0.493 e. The van der Waals surface area contributed by atoms with Crippen LogP contribution in [0.5, 0.6) is 11.5 Å². The monoisotopic (exact) mass is 476 g/mol. The minimum absolute atomic E-state index is 0.0203. The summed E-state index contributed by atoms with van der Waals surface area (Å²) in [4.78, 5) is 29.3. The third-order valence-corrected chi connectivity index (χ3v) is 6.53. The second-order valence-corrected chi connectivity index (χ2v) is 8.61. The van der Waals surface area contributed by atoms with Gasteiger partial charge in [0.25, 0.3) is 11.8 Å². The van der Waals surface area contributed by atoms with E-state index in [0.29, 0.717) is 37.6 Å². The van der Waals surface area contributed by atoms with Crippen LogP contribution in [0, 0.1) is 5.92 Å². The van der Waals surface area contributed by atoms with Crippen molar-refractivity contribution in [1.29, 1.82) is 0 Å². The number of carbonyl (C=O) groups is 2. The number of likely N-dealkylation sites (tertiary alicyclic amines) is 2. The lowest BCUT2D eigenvalue weighted by Gasteiger charge is -2.47. The SMILES string of the molecule is COc1ccccc1OCC(=O)N1CCC[C@@H]2CN(C(=O)c3cccc(C(F)(F)F)c3)CC[C@H]21. The predicted octanol–water partition coefficient (Wildman–Crippen LogP) is 4.25. The summed E-state index contributed by atoms with van der Waals surface area (Å²) in [6.07, 6.45) is -2.27. The van der Waals surface area contributed by atoms with Crippen molar-refractivity contribution in [1.82, 2.24) is 9.80 Å². The van der Waals surface area contributed by atoms with Gasteiger partial charge in [-0.3, -0.25) is 9.59 Å². The highest BCUT2D eigenvalue weighted by Gasteiger charge is 2.40. The van der Waals surface area contributed by atoms with Gasteiger partial charge < -0.3 is 19.3 Å². The number of alkyl halides is 3. The van der Waals surface area contributed by atoms with Crippen LogP contribution < -0.4 is 9.47 Å². The standard InChI is InChI=1S/C25H27F3N2O4/c1-33-21-9-2-3-10-22(21)34-16-23(31)30-12-5-7-18-15-29(13-11-20(18)30)24(32)17-6-4-8-19(14-17)25(26,27)28/h2-4,6,8-10,14,18,20H,5,7,11-13,15-16H2,1H3/t18-,20-/m1/s1. The second kappa shape index (κ2) is 9.95. The Hall–Kier alpha value is -3.23. The average Bonchev–Trinajstić information content (AvgIpc) is 2.85. The van der Waals surface area contributed by atoms with E-state index >= 15 is 0 Å². The first-order valence-electron chi connectivity index (χ1n) is 11.3. The number of halogens is 3. The van der Waals surface area contributed by atoms with Gasteiger partial charge in [0.1, 0.15) is 0 Å². The lowest BCUT2D eigenvalue weighted by Crippen LogP contribution is -2.57. The summed E-state index contributed by atoms with van der Waals surface area (Å²) in [5.41, 5.74) is -0.806. The van der Waals surface area contributed by atoms with Crippen LogP contribution in [0.4, 0.5) is 13.2 Å². The van der Waals surface area contributed by atoms with Crippen LogP contribution >= 0.6 is 0 Å². The van der Waals surface area contributed by atoms with Crippen LogP contribution in [-0.4, -0.2) is 61.0 Å². The van der Waals surface area contributed by atoms with Gasteiger partial charge in [0.05, 0.1) is 12.7 Å². The number of hydrogen-bond acceptors (Lipinski definition) is 4. The van der Waals surface area contributed by atoms with Crippen LogP contribution in [0.15, 0.2) is 48.5 Å². The number of hydrogen-bond donors (Lipinski definition) is 0. The number of ether oxygens (including phenoxy) is 2. The Morgan fingerprint density at radius 2 is 1.79 bits per heavy atom. The Morgan fingerprint density at radius 3 is 2.53 bits per heavy atom. The number of nitrogens with zero attached hydrogens (tertiary/aromatic N) is 2. The molecule has 4 rings (SSSR count). The Bertz CT molecular complexity index is 1040. The van der Waals surface area contributed by atoms with Crippen LogP contribution in [-0.2, 0) is 11.0 Å². The molecular formula is C25H27F3N2O4. The summed E-state index contributed by atoms with van der Waals surface area (Å²) in [6, 6.07) is 11.6. The predicted molar refractivity (Wildman–Crippen MR) is 119 cm³/mol. The smallest absolute Gasteiger partial charge is 0.416 e. The molecule has 2 atom stereocenters. The third kappa shape index (κ3) is 5.13. The Balaban J connectivity index is 1.39. The first-order chi connectivity index (χ1) is 16.3. The zero-order valence-corrected chi connectivity index (χ0v) is 18.9. The molecule has 34 heavy (non-hydrogen) atoms. The summed E-state index contributed by atoms with van der Waals surface area (Å²) in [5, 5.41) is 0. The van der Waals surface area contributed by atoms with Crippen molar-refractivity contribution in [2.45, 2.75) is 31.5 Å². The molecule has 0 saturated carbocycles. The zero-order chi connectivity index (χ0) is 24.3. The van der Waals surface area contributed by atoms with Gasteiger partial charge in [0, 0.05) is 31.2 Å². The highest BCUT2D eigenvalue weighted by atomic mass is 19.4. The molecule has 0 aliphatic carbocycles. The van der Waals surface area contributed by atoms with E-state index in [1.807, 2.05) is 11.0 Å². The van der Waals surface area contributed by atoms with Crippen molar-refractivity contribution in [2.24, 2.45) is 5.92 Å². The van der Waals surface area contributed by atoms with Crippen molar-refractivity contribution in [2.75, 3.05) is 33.4 Å². The summed E-state index contributed by atoms with van der Waals surface area (Å²) < 4.78 is 50.1. The number of para-hydroxylation sites is 2. The molecule has 2 saturated heterocycles. The highest BCUT2D eigenvalue weighted by Crippen LogP contribution is 2.33. The van der Waals surface area contributed by atoms with E-state index in [4.69, 9.17) is 9.47 Å². The molecule has 2 amide bonds. The van der Waals surface area contributed by atoms with E-state index in [-0.39, 0.29) is 30.0 Å². The quantitative estimate of drug-likeness (QED) is 0.648. The number of rotatable bonds is 5. The summed E-state index contributed by atoms with van der Waals surface area (Å²) >= 11 is 0. The molecular weight excluding hydrogens is 449 g/mol. The third-order valence-electron chi connectivity index (χ3n) is 6.53. The summed E-state index contributed by atoms with van der Waals surface area (Å²) in [5.74, 6) is 0.583. The maximum absolute atomic E-state index is 13.0. The molecule has 6 nitrogen and oxygen atoms in total. The highest BCUT2D eigenvalue weighted by molar-refractivity contribution is 5.94. The fourth-order valence-corrected chi connectivity index (χ4v) is 4.87. The number of methoxy groups -OCH3 is 1. The zero-order valence-electron chi connectivity index (χ0n) is 18.9. The number of piperidine rings is 2. The topological polar surface area (TPSA) is 59.1 Å². The number of benzene rings is 2. The van der Waals surface area contributed by atoms with Gasteiger partial charge in [0.2, 0.25) is 0 Å². The molecule has 2 fully saturated rings. The van der Waals surface area contributed by atoms with Gasteiger partial charge in [-0.1, -0.05) is 18.2 Å². The Kier molecular flexibility index (Phi) is 7.00. The van der Waals surface area contributed by atoms with Gasteiger partial charge in [-0.25, -0.2) is 0 Å². The molecule has 2 aromatic rings. The van der Waals surface area contributed by atoms with Gasteiger partial charge >= 0.3 is 6.18 Å². The molecule has 0 radical (unpaired) electrons. The van der Waals surface area contributed by atoms with Crippen molar-refractivity contribution in [3.63, 3.8) is 0 Å². The largest absolute Gasteiger partial charge is 0.493 e. The molecule has 2 aromatic carbocycles. The van der Waals surface area contributed by atoms with Crippen LogP contribution in [0.2, 0.25) is 0 Å². The van der Waals surface area contributed by atoms with Gasteiger partial charge in [-0.05, 0) is 55.5 Å². The van der Waals surface area contributed by atoms with E-state index in [1.165, 1.54) is 19.2 Å². The molecule has 0 spiro atoms. The van der Waals surface area contributed by atoms with E-state index < -0.39 is 17.6 Å². The molecule has 0 aromatic heterocycles. The number of fused-ring (bicyclic) bond motifs is 1. The second-order valence-electron chi connectivity index (χ2n) is 8.61. The summed E-state index contributed by atoms with van der Waals surface area (Å²) in [7, 11) is 1.54. The van der Waals surface area contributed by atoms with E-state index in [1.54, 1.807) is 23.1 Å². The van der Waals surface area contributed by atoms with Crippen molar-refractivity contribution < 1.29 is 32.2 Å². The first kappa shape index (κ1) is 23.9. The Labute approximate surface area is 196 Å². The van der Waals surface area contributed by atoms with E-state index in [9.17, 15) is 22.8 Å². The van der Waals surface area contributed by atoms with Crippen molar-refractivity contribution in [3.05, 3.63) is 59.7 Å². The van der Waals surface area contributed by atoms with Crippen LogP contribution in [0.3, 0.4) is 0 Å². The van der Waals surface area contributed by atoms with Gasteiger partial charge in [0.15, 0.2) is 18.1 Å². The molecule has 182 valence electrons. The van der Waals surface area contributed by atoms with Crippen LogP contribution in [0.25, 0.3) is 0 Å². The maximum atomic E-state index is 13.0. The molecule has 0 bridgehead atoms. The van der Waals surface area contributed by atoms with E-state index in [0.717, 1.165) is 25.0 Å². The molecule has 0 N–H and O–H groups in total. The molecule has 9 heteroatoms. The minimum atomic E-state index is -4.50. The van der Waals surface area contributed by atoms with E-state index in [2.05, 4.69) is 0 Å². The maximum Gasteiger partial charge on any atom is 0.416 e. The molecule has 2 heterocycles. The number of amides is 2. The Morgan fingerprint density at radius 1 is 1.03 bits per heavy atom. The van der Waals surface area contributed by atoms with Gasteiger partial charge in [-0.15, -0.1) is 0 Å². The fourth-order valence-electron chi connectivity index (χ4n) is 4.87. The molecule has 2 aliphatic rings. The first-order valence-corrected chi connectivity index (χ1v) is 11.3. The lowest BCUT2D eigenvalue weighted by atomic mass is 9.83. The average molecular weight is 476 g/mol. The lowest BCUT2D eigenvalue weighted by molar-refractivity contribution is -0.140. The van der Waals surface area contributed by atoms with Crippen LogP contribution in [0.1, 0.15) is 35.2 Å². The van der Waals surface area contributed by atoms with Crippen molar-refractivity contribution >= 4 is 11.8 Å². The van der Waals surface area contributed by atoms with Gasteiger partial charge in [-0.2, -0.15) is 13.2 Å². The summed E-state index contributed by atoms with van der Waals surface area (Å²) in [6.45, 7) is 1.30. The molecule has 0 unspecified atom stereocenters.